The first kappa shape index (κ1) is 10.6. The first-order chi connectivity index (χ1) is 4.73. The van der Waals surface area contributed by atoms with Crippen molar-refractivity contribution in [3.05, 3.63) is 0 Å². The van der Waals surface area contributed by atoms with Crippen LogP contribution in [0.3, 0.4) is 0 Å². The molecule has 0 spiro atoms. The Morgan fingerprint density at radius 1 is 0.800 bits per heavy atom. The van der Waals surface area contributed by atoms with Gasteiger partial charge in [0.25, 0.3) is 3.60 Å². The second-order valence-corrected chi connectivity index (χ2v) is 4.85. The lowest BCUT2D eigenvalue weighted by Gasteiger charge is -2.05. The molecular formula is C7H12Br2O. The first-order valence-electron chi connectivity index (χ1n) is 3.58. The van der Waals surface area contributed by atoms with Gasteiger partial charge in [0.15, 0.2) is 0 Å². The third-order valence-corrected chi connectivity index (χ3v) is 1.50. The second kappa shape index (κ2) is 7.73. The van der Waals surface area contributed by atoms with Crippen LogP contribution in [0.2, 0.25) is 0 Å². The van der Waals surface area contributed by atoms with E-state index in [1.54, 1.807) is 0 Å². The fraction of sp³-hybridized carbons (Fsp3) is 0.857. The van der Waals surface area contributed by atoms with Crippen molar-refractivity contribution in [2.45, 2.75) is 38.5 Å². The third-order valence-electron chi connectivity index (χ3n) is 1.50. The van der Waals surface area contributed by atoms with Crippen molar-refractivity contribution in [1.29, 1.82) is 0 Å². The van der Waals surface area contributed by atoms with Crippen LogP contribution >= 0.6 is 31.9 Å². The van der Waals surface area contributed by atoms with Crippen LogP contribution in [0.5, 0.6) is 0 Å². The Morgan fingerprint density at radius 2 is 0.900 bits per heavy atom. The van der Waals surface area contributed by atoms with E-state index in [0.717, 1.165) is 0 Å². The molecule has 1 rings (SSSR count). The quantitative estimate of drug-likeness (QED) is 0.603. The lowest BCUT2D eigenvalue weighted by molar-refractivity contribution is 0.278. The zero-order chi connectivity index (χ0) is 7.82. The molecule has 0 amide bonds. The molecule has 1 fully saturated rings. The van der Waals surface area contributed by atoms with Gasteiger partial charge in [-0.25, -0.2) is 0 Å². The van der Waals surface area contributed by atoms with E-state index in [9.17, 15) is 4.79 Å². The van der Waals surface area contributed by atoms with Gasteiger partial charge in [0, 0.05) is 31.9 Å². The van der Waals surface area contributed by atoms with Crippen LogP contribution in [-0.2, 0) is 0 Å². The second-order valence-electron chi connectivity index (χ2n) is 2.35. The Kier molecular flexibility index (Phi) is 8.22. The van der Waals surface area contributed by atoms with E-state index in [1.165, 1.54) is 38.5 Å². The normalized spacial score (nSPS) is 17.0. The Morgan fingerprint density at radius 3 is 1.00 bits per heavy atom. The molecule has 0 N–H and O–H groups in total. The largest absolute Gasteiger partial charge is 0.273 e. The van der Waals surface area contributed by atoms with Gasteiger partial charge in [-0.15, -0.1) is 0 Å². The Hall–Kier alpha value is 0.630. The smallest absolute Gasteiger partial charge is 0.262 e. The van der Waals surface area contributed by atoms with Gasteiger partial charge in [-0.05, 0) is 0 Å². The molecule has 1 saturated carbocycles. The molecule has 10 heavy (non-hydrogen) atoms. The van der Waals surface area contributed by atoms with Crippen LogP contribution < -0.4 is 0 Å². The lowest BCUT2D eigenvalue weighted by atomic mass is 10.0. The van der Waals surface area contributed by atoms with Gasteiger partial charge < -0.3 is 0 Å². The number of carbonyl (C=O) groups excluding carboxylic acids is 1. The maximum atomic E-state index is 9.28. The zero-order valence-electron chi connectivity index (χ0n) is 5.91. The molecule has 3 heteroatoms. The molecule has 1 aliphatic rings. The van der Waals surface area contributed by atoms with E-state index in [0.29, 0.717) is 0 Å². The predicted molar refractivity (Wildman–Crippen MR) is 51.0 cm³/mol. The highest BCUT2D eigenvalue weighted by Crippen LogP contribution is 2.15. The summed E-state index contributed by atoms with van der Waals surface area (Å²) in [5.41, 5.74) is 0. The Bertz CT molecular complexity index is 74.1. The summed E-state index contributed by atoms with van der Waals surface area (Å²) in [6.07, 6.45) is 9.00. The molecule has 0 saturated heterocycles. The molecule has 0 atom stereocenters. The number of rotatable bonds is 0. The predicted octanol–water partition coefficient (Wildman–Crippen LogP) is 4.24. The minimum absolute atomic E-state index is 0.208. The topological polar surface area (TPSA) is 17.1 Å². The van der Waals surface area contributed by atoms with Crippen LogP contribution in [0.25, 0.3) is 0 Å². The summed E-state index contributed by atoms with van der Waals surface area (Å²) in [6, 6.07) is 0. The number of hydrogen-bond donors (Lipinski definition) is 0. The highest BCUT2D eigenvalue weighted by molar-refractivity contribution is 9.39. The molecule has 60 valence electrons. The van der Waals surface area contributed by atoms with Gasteiger partial charge in [-0.1, -0.05) is 38.5 Å². The molecule has 0 aromatic heterocycles. The van der Waals surface area contributed by atoms with Crippen molar-refractivity contribution >= 4 is 35.5 Å². The molecule has 0 bridgehead atoms. The third kappa shape index (κ3) is 11.4. The maximum Gasteiger partial charge on any atom is 0.262 e. The summed E-state index contributed by atoms with van der Waals surface area (Å²) in [5, 5.41) is 0. The standard InChI is InChI=1S/C6H12.CBr2O/c1-2-4-6-5-3-1;2-1(3)4/h1-6H2;. The fourth-order valence-corrected chi connectivity index (χ4v) is 1.06. The molecule has 0 aliphatic heterocycles. The minimum atomic E-state index is -0.208. The van der Waals surface area contributed by atoms with Crippen LogP contribution in [0.1, 0.15) is 38.5 Å². The van der Waals surface area contributed by atoms with Crippen molar-refractivity contribution in [2.24, 2.45) is 0 Å². The number of hydrogen-bond acceptors (Lipinski definition) is 1. The van der Waals surface area contributed by atoms with E-state index >= 15 is 0 Å². The van der Waals surface area contributed by atoms with Crippen molar-refractivity contribution in [1.82, 2.24) is 0 Å². The summed E-state index contributed by atoms with van der Waals surface area (Å²) in [4.78, 5) is 9.28. The summed E-state index contributed by atoms with van der Waals surface area (Å²) in [7, 11) is 0. The lowest BCUT2D eigenvalue weighted by Crippen LogP contribution is -1.85. The van der Waals surface area contributed by atoms with E-state index in [2.05, 4.69) is 31.9 Å². The SMILES string of the molecule is C1CCCCC1.O=C(Br)Br. The van der Waals surface area contributed by atoms with Crippen molar-refractivity contribution in [2.75, 3.05) is 0 Å². The van der Waals surface area contributed by atoms with Gasteiger partial charge in [0.2, 0.25) is 0 Å². The molecule has 0 aromatic rings. The van der Waals surface area contributed by atoms with E-state index in [-0.39, 0.29) is 3.60 Å². The molecule has 0 aromatic carbocycles. The Balaban J connectivity index is 0.000000180. The first-order valence-corrected chi connectivity index (χ1v) is 5.17. The van der Waals surface area contributed by atoms with Gasteiger partial charge in [-0.3, -0.25) is 4.79 Å². The molecule has 0 heterocycles. The summed E-state index contributed by atoms with van der Waals surface area (Å²) < 4.78 is -0.208. The molecule has 0 unspecified atom stereocenters. The van der Waals surface area contributed by atoms with Crippen LogP contribution in [0.4, 0.5) is 4.79 Å². The molecular weight excluding hydrogens is 260 g/mol. The Labute approximate surface area is 78.8 Å². The highest BCUT2D eigenvalue weighted by atomic mass is 79.9. The van der Waals surface area contributed by atoms with Crippen molar-refractivity contribution < 1.29 is 4.79 Å². The number of halogens is 2. The van der Waals surface area contributed by atoms with Gasteiger partial charge in [0.05, 0.1) is 0 Å². The average molecular weight is 272 g/mol. The van der Waals surface area contributed by atoms with Crippen molar-refractivity contribution in [3.63, 3.8) is 0 Å². The maximum absolute atomic E-state index is 9.28. The summed E-state index contributed by atoms with van der Waals surface area (Å²) in [6.45, 7) is 0. The van der Waals surface area contributed by atoms with Gasteiger partial charge >= 0.3 is 0 Å². The van der Waals surface area contributed by atoms with E-state index in [4.69, 9.17) is 0 Å². The summed E-state index contributed by atoms with van der Waals surface area (Å²) >= 11 is 5.10. The zero-order valence-corrected chi connectivity index (χ0v) is 9.08. The highest BCUT2D eigenvalue weighted by Gasteiger charge is 1.95. The number of carbonyl (C=O) groups is 1. The molecule has 1 nitrogen and oxygen atoms in total. The van der Waals surface area contributed by atoms with Crippen LogP contribution in [0.15, 0.2) is 0 Å². The van der Waals surface area contributed by atoms with E-state index in [1.807, 2.05) is 0 Å². The van der Waals surface area contributed by atoms with Crippen LogP contribution in [-0.4, -0.2) is 3.60 Å². The van der Waals surface area contributed by atoms with E-state index < -0.39 is 0 Å². The average Bonchev–Trinajstić information content (AvgIpc) is 1.90. The fourth-order valence-electron chi connectivity index (χ4n) is 1.06. The van der Waals surface area contributed by atoms with Crippen LogP contribution in [0, 0.1) is 0 Å². The molecule has 0 radical (unpaired) electrons. The molecule has 1 aliphatic carbocycles. The minimum Gasteiger partial charge on any atom is -0.273 e. The van der Waals surface area contributed by atoms with Gasteiger partial charge in [0.1, 0.15) is 0 Å². The van der Waals surface area contributed by atoms with Crippen molar-refractivity contribution in [3.8, 4) is 0 Å². The monoisotopic (exact) mass is 270 g/mol. The van der Waals surface area contributed by atoms with Gasteiger partial charge in [-0.2, -0.15) is 0 Å². The summed E-state index contributed by atoms with van der Waals surface area (Å²) in [5.74, 6) is 0.